The molecule has 4 rings (SSSR count). The second-order valence-corrected chi connectivity index (χ2v) is 8.48. The van der Waals surface area contributed by atoms with Gasteiger partial charge in [-0.1, -0.05) is 6.07 Å². The minimum Gasteiger partial charge on any atom is -0.348 e. The van der Waals surface area contributed by atoms with Gasteiger partial charge in [0.25, 0.3) is 5.91 Å². The maximum absolute atomic E-state index is 13.0. The molecular formula is C22H23N7OS. The van der Waals surface area contributed by atoms with Crippen LogP contribution in [0.4, 0.5) is 5.69 Å². The molecule has 4 N–H and O–H groups in total. The first-order valence-corrected chi connectivity index (χ1v) is 10.6. The largest absolute Gasteiger partial charge is 0.348 e. The van der Waals surface area contributed by atoms with E-state index in [1.807, 2.05) is 23.5 Å². The van der Waals surface area contributed by atoms with Gasteiger partial charge in [-0.15, -0.1) is 11.3 Å². The second-order valence-electron chi connectivity index (χ2n) is 7.19. The number of nitrogens with zero attached hydrogens (tertiary/aromatic N) is 4. The molecule has 4 aromatic rings. The molecule has 0 saturated carbocycles. The van der Waals surface area contributed by atoms with Crippen LogP contribution in [0.3, 0.4) is 0 Å². The standard InChI is InChI=1S/C22H23N7OS/c1-13-4-6-16(9-24-13)10-26-22(30)17-8-18(27-15(3)28-23)21-25-11-19(29(21)12-17)20-7-5-14(2)31-20/h4-9,11-12H,10,23H2,1-3H3,(H,26,30)(H,27,28). The van der Waals surface area contributed by atoms with Crippen LogP contribution >= 0.6 is 11.3 Å². The van der Waals surface area contributed by atoms with Crippen molar-refractivity contribution in [1.29, 1.82) is 0 Å². The Morgan fingerprint density at radius 2 is 2.03 bits per heavy atom. The topological polar surface area (TPSA) is 110 Å². The van der Waals surface area contributed by atoms with Gasteiger partial charge in [0.15, 0.2) is 5.65 Å². The molecule has 0 aliphatic rings. The number of aliphatic imine (C=N–C) groups is 1. The Bertz CT molecular complexity index is 1270. The lowest BCUT2D eigenvalue weighted by atomic mass is 10.2. The average molecular weight is 434 g/mol. The smallest absolute Gasteiger partial charge is 0.253 e. The number of hydrogen-bond donors (Lipinski definition) is 3. The molecule has 31 heavy (non-hydrogen) atoms. The highest BCUT2D eigenvalue weighted by molar-refractivity contribution is 7.15. The van der Waals surface area contributed by atoms with E-state index in [0.29, 0.717) is 29.3 Å². The van der Waals surface area contributed by atoms with E-state index in [4.69, 9.17) is 5.84 Å². The zero-order chi connectivity index (χ0) is 22.0. The van der Waals surface area contributed by atoms with Crippen molar-refractivity contribution >= 4 is 34.4 Å². The molecule has 4 heterocycles. The number of hydrazine groups is 1. The number of rotatable bonds is 5. The number of nitrogens with one attached hydrogen (secondary N) is 2. The molecule has 0 atom stereocenters. The number of hydrogen-bond acceptors (Lipinski definition) is 6. The van der Waals surface area contributed by atoms with Crippen molar-refractivity contribution in [2.75, 3.05) is 0 Å². The quantitative estimate of drug-likeness (QED) is 0.193. The van der Waals surface area contributed by atoms with Crippen LogP contribution in [0.1, 0.15) is 33.4 Å². The number of thiophene rings is 1. The number of aryl methyl sites for hydroxylation is 2. The van der Waals surface area contributed by atoms with Gasteiger partial charge in [0.2, 0.25) is 0 Å². The number of amides is 1. The summed E-state index contributed by atoms with van der Waals surface area (Å²) in [6, 6.07) is 9.70. The number of amidine groups is 1. The van der Waals surface area contributed by atoms with Gasteiger partial charge in [0.1, 0.15) is 11.5 Å². The Balaban J connectivity index is 1.73. The molecule has 0 aliphatic carbocycles. The average Bonchev–Trinajstić information content (AvgIpc) is 3.39. The Morgan fingerprint density at radius 3 is 2.71 bits per heavy atom. The van der Waals surface area contributed by atoms with Crippen molar-refractivity contribution in [1.82, 2.24) is 25.1 Å². The molecule has 0 unspecified atom stereocenters. The minimum absolute atomic E-state index is 0.209. The summed E-state index contributed by atoms with van der Waals surface area (Å²) in [6.07, 6.45) is 5.35. The van der Waals surface area contributed by atoms with E-state index in [9.17, 15) is 4.79 Å². The number of pyridine rings is 2. The first kappa shape index (κ1) is 20.7. The molecule has 158 valence electrons. The molecule has 0 saturated heterocycles. The zero-order valence-electron chi connectivity index (χ0n) is 17.5. The lowest BCUT2D eigenvalue weighted by molar-refractivity contribution is 0.0950. The minimum atomic E-state index is -0.209. The van der Waals surface area contributed by atoms with Crippen LogP contribution in [-0.4, -0.2) is 26.1 Å². The van der Waals surface area contributed by atoms with Crippen molar-refractivity contribution in [2.45, 2.75) is 27.3 Å². The van der Waals surface area contributed by atoms with Crippen molar-refractivity contribution < 1.29 is 4.79 Å². The summed E-state index contributed by atoms with van der Waals surface area (Å²) < 4.78 is 1.90. The highest BCUT2D eigenvalue weighted by atomic mass is 32.1. The summed E-state index contributed by atoms with van der Waals surface area (Å²) >= 11 is 1.67. The molecule has 0 radical (unpaired) electrons. The first-order chi connectivity index (χ1) is 14.9. The van der Waals surface area contributed by atoms with E-state index in [1.54, 1.807) is 42.9 Å². The number of carbonyl (C=O) groups is 1. The van der Waals surface area contributed by atoms with Crippen molar-refractivity contribution in [3.05, 3.63) is 70.6 Å². The summed E-state index contributed by atoms with van der Waals surface area (Å²) in [5.41, 5.74) is 6.97. The van der Waals surface area contributed by atoms with Gasteiger partial charge in [-0.25, -0.2) is 15.8 Å². The fraction of sp³-hybridized carbons (Fsp3) is 0.182. The SMILES string of the molecule is CC(=Nc1cc(C(=O)NCc2ccc(C)nc2)cn2c(-c3ccc(C)s3)cnc12)NN. The number of nitrogens with two attached hydrogens (primary N) is 1. The molecule has 4 aromatic heterocycles. The predicted molar refractivity (Wildman–Crippen MR) is 123 cm³/mol. The third-order valence-electron chi connectivity index (χ3n) is 4.76. The summed E-state index contributed by atoms with van der Waals surface area (Å²) in [7, 11) is 0. The van der Waals surface area contributed by atoms with E-state index < -0.39 is 0 Å². The van der Waals surface area contributed by atoms with Crippen LogP contribution in [0.2, 0.25) is 0 Å². The van der Waals surface area contributed by atoms with E-state index in [1.165, 1.54) is 4.88 Å². The zero-order valence-corrected chi connectivity index (χ0v) is 18.3. The Kier molecular flexibility index (Phi) is 5.79. The second kappa shape index (κ2) is 8.66. The molecular weight excluding hydrogens is 410 g/mol. The fourth-order valence-electron chi connectivity index (χ4n) is 3.13. The molecule has 0 fully saturated rings. The van der Waals surface area contributed by atoms with Crippen LogP contribution < -0.4 is 16.6 Å². The number of aromatic nitrogens is 3. The van der Waals surface area contributed by atoms with Crippen molar-refractivity contribution in [2.24, 2.45) is 10.8 Å². The summed E-state index contributed by atoms with van der Waals surface area (Å²) in [4.78, 5) is 28.5. The molecule has 1 amide bonds. The molecule has 0 spiro atoms. The van der Waals surface area contributed by atoms with Crippen LogP contribution in [0, 0.1) is 13.8 Å². The summed E-state index contributed by atoms with van der Waals surface area (Å²) in [5, 5.41) is 2.95. The van der Waals surface area contributed by atoms with Crippen LogP contribution in [0.15, 0.2) is 53.9 Å². The fourth-order valence-corrected chi connectivity index (χ4v) is 4.01. The molecule has 0 bridgehead atoms. The Morgan fingerprint density at radius 1 is 1.19 bits per heavy atom. The van der Waals surface area contributed by atoms with E-state index in [-0.39, 0.29) is 5.91 Å². The van der Waals surface area contributed by atoms with Gasteiger partial charge in [-0.05, 0) is 50.6 Å². The number of fused-ring (bicyclic) bond motifs is 1. The van der Waals surface area contributed by atoms with E-state index in [0.717, 1.165) is 21.8 Å². The molecule has 0 aliphatic heterocycles. The maximum Gasteiger partial charge on any atom is 0.253 e. The monoisotopic (exact) mass is 433 g/mol. The van der Waals surface area contributed by atoms with E-state index in [2.05, 4.69) is 44.8 Å². The van der Waals surface area contributed by atoms with Gasteiger partial charge < -0.3 is 10.7 Å². The molecule has 9 heteroatoms. The lowest BCUT2D eigenvalue weighted by Crippen LogP contribution is -2.27. The molecule has 0 aromatic carbocycles. The third kappa shape index (κ3) is 4.47. The number of carbonyl (C=O) groups excluding carboxylic acids is 1. The Labute approximate surface area is 183 Å². The predicted octanol–water partition coefficient (Wildman–Crippen LogP) is 3.52. The van der Waals surface area contributed by atoms with E-state index >= 15 is 0 Å². The first-order valence-electron chi connectivity index (χ1n) is 9.74. The van der Waals surface area contributed by atoms with Crippen LogP contribution in [0.25, 0.3) is 16.2 Å². The van der Waals surface area contributed by atoms with Gasteiger partial charge in [0.05, 0.1) is 22.3 Å². The number of imidazole rings is 1. The Hall–Kier alpha value is -3.56. The van der Waals surface area contributed by atoms with Gasteiger partial charge >= 0.3 is 0 Å². The lowest BCUT2D eigenvalue weighted by Gasteiger charge is -2.09. The maximum atomic E-state index is 13.0. The van der Waals surface area contributed by atoms with Crippen LogP contribution in [-0.2, 0) is 6.54 Å². The van der Waals surface area contributed by atoms with Gasteiger partial charge in [0, 0.05) is 29.5 Å². The summed E-state index contributed by atoms with van der Waals surface area (Å²) in [6.45, 7) is 6.12. The van der Waals surface area contributed by atoms with Gasteiger partial charge in [-0.2, -0.15) is 0 Å². The normalized spacial score (nSPS) is 11.7. The van der Waals surface area contributed by atoms with Crippen molar-refractivity contribution in [3.63, 3.8) is 0 Å². The van der Waals surface area contributed by atoms with Crippen molar-refractivity contribution in [3.8, 4) is 10.6 Å². The third-order valence-corrected chi connectivity index (χ3v) is 5.79. The van der Waals surface area contributed by atoms with Gasteiger partial charge in [-0.3, -0.25) is 14.2 Å². The highest BCUT2D eigenvalue weighted by Gasteiger charge is 2.16. The van der Waals surface area contributed by atoms with Crippen LogP contribution in [0.5, 0.6) is 0 Å². The highest BCUT2D eigenvalue weighted by Crippen LogP contribution is 2.31. The summed E-state index contributed by atoms with van der Waals surface area (Å²) in [5.74, 6) is 5.80. The molecule has 8 nitrogen and oxygen atoms in total.